The maximum Gasteiger partial charge on any atom is 0.0949 e. The molecule has 0 spiro atoms. The van der Waals surface area contributed by atoms with Crippen molar-refractivity contribution in [2.75, 3.05) is 19.8 Å². The highest BCUT2D eigenvalue weighted by molar-refractivity contribution is 7.09. The van der Waals surface area contributed by atoms with Crippen molar-refractivity contribution in [1.29, 1.82) is 0 Å². The van der Waals surface area contributed by atoms with Gasteiger partial charge >= 0.3 is 0 Å². The summed E-state index contributed by atoms with van der Waals surface area (Å²) in [6.07, 6.45) is 4.66. The number of fused-ring (bicyclic) bond motifs is 1. The average molecular weight is 317 g/mol. The van der Waals surface area contributed by atoms with Crippen LogP contribution in [0.1, 0.15) is 35.0 Å². The smallest absolute Gasteiger partial charge is 0.0949 e. The Labute approximate surface area is 135 Å². The maximum atomic E-state index is 6.00. The monoisotopic (exact) mass is 317 g/mol. The van der Waals surface area contributed by atoms with E-state index in [1.54, 1.807) is 0 Å². The Morgan fingerprint density at radius 3 is 3.05 bits per heavy atom. The van der Waals surface area contributed by atoms with Crippen molar-refractivity contribution in [2.45, 2.75) is 31.8 Å². The summed E-state index contributed by atoms with van der Waals surface area (Å²) in [4.78, 5) is 8.54. The van der Waals surface area contributed by atoms with Gasteiger partial charge in [-0.1, -0.05) is 6.07 Å². The van der Waals surface area contributed by atoms with E-state index in [0.29, 0.717) is 5.92 Å². The second kappa shape index (κ2) is 6.14. The molecule has 2 aromatic heterocycles. The van der Waals surface area contributed by atoms with Gasteiger partial charge < -0.3 is 9.30 Å². The minimum absolute atomic E-state index is 0.440. The number of aromatic nitrogens is 2. The van der Waals surface area contributed by atoms with Gasteiger partial charge in [0.25, 0.3) is 0 Å². The quantitative estimate of drug-likeness (QED) is 0.820. The number of hydrogen-bond donors (Lipinski definition) is 0. The van der Waals surface area contributed by atoms with E-state index < -0.39 is 0 Å². The second-order valence-electron chi connectivity index (χ2n) is 6.61. The Morgan fingerprint density at radius 2 is 2.27 bits per heavy atom. The summed E-state index contributed by atoms with van der Waals surface area (Å²) in [6, 6.07) is 4.35. The van der Waals surface area contributed by atoms with E-state index in [4.69, 9.17) is 4.74 Å². The second-order valence-corrected chi connectivity index (χ2v) is 7.65. The van der Waals surface area contributed by atoms with Crippen molar-refractivity contribution >= 4 is 11.3 Å². The Kier molecular flexibility index (Phi) is 4.03. The first kappa shape index (κ1) is 14.4. The van der Waals surface area contributed by atoms with Crippen LogP contribution in [0.15, 0.2) is 23.8 Å². The van der Waals surface area contributed by atoms with Gasteiger partial charge in [-0.05, 0) is 30.2 Å². The SMILES string of the molecule is Cn1cnc2c1[C@H](COCC1CC1)CN(Cc1cccs1)C2. The first-order valence-electron chi connectivity index (χ1n) is 8.12. The van der Waals surface area contributed by atoms with Crippen molar-refractivity contribution in [1.82, 2.24) is 14.5 Å². The summed E-state index contributed by atoms with van der Waals surface area (Å²) >= 11 is 1.84. The molecule has 0 aromatic carbocycles. The Morgan fingerprint density at radius 1 is 1.36 bits per heavy atom. The topological polar surface area (TPSA) is 30.3 Å². The maximum absolute atomic E-state index is 6.00. The Hall–Kier alpha value is -1.17. The molecule has 4 rings (SSSR count). The van der Waals surface area contributed by atoms with Gasteiger partial charge in [0.1, 0.15) is 0 Å². The molecule has 1 atom stereocenters. The summed E-state index contributed by atoms with van der Waals surface area (Å²) in [5, 5.41) is 2.15. The standard InChI is InChI=1S/C17H23N3OS/c1-19-12-18-16-9-20(8-15-3-2-6-22-15)7-14(17(16)19)11-21-10-13-4-5-13/h2-3,6,12-14H,4-5,7-11H2,1H3/t14-/m0/s1. The molecule has 0 unspecified atom stereocenters. The van der Waals surface area contributed by atoms with Gasteiger partial charge in [-0.3, -0.25) is 4.90 Å². The third-order valence-corrected chi connectivity index (χ3v) is 5.49. The lowest BCUT2D eigenvalue weighted by Crippen LogP contribution is -2.35. The number of rotatable bonds is 6. The number of aryl methyl sites for hydroxylation is 1. The van der Waals surface area contributed by atoms with E-state index in [2.05, 4.69) is 39.0 Å². The lowest BCUT2D eigenvalue weighted by molar-refractivity contribution is 0.0870. The molecule has 0 radical (unpaired) electrons. The van der Waals surface area contributed by atoms with E-state index in [1.807, 2.05) is 17.7 Å². The normalized spacial score (nSPS) is 22.0. The fraction of sp³-hybridized carbons (Fsp3) is 0.588. The highest BCUT2D eigenvalue weighted by atomic mass is 32.1. The van der Waals surface area contributed by atoms with Crippen LogP contribution in [-0.4, -0.2) is 34.2 Å². The van der Waals surface area contributed by atoms with Gasteiger partial charge in [-0.2, -0.15) is 0 Å². The molecular weight excluding hydrogens is 294 g/mol. The summed E-state index contributed by atoms with van der Waals surface area (Å²) in [5.41, 5.74) is 2.60. The lowest BCUT2D eigenvalue weighted by Gasteiger charge is -2.32. The largest absolute Gasteiger partial charge is 0.380 e. The Bertz CT molecular complexity index is 618. The van der Waals surface area contributed by atoms with Crippen LogP contribution in [0.5, 0.6) is 0 Å². The van der Waals surface area contributed by atoms with Crippen LogP contribution in [0.2, 0.25) is 0 Å². The van der Waals surface area contributed by atoms with Crippen molar-refractivity contribution in [3.8, 4) is 0 Å². The molecule has 0 N–H and O–H groups in total. The van der Waals surface area contributed by atoms with E-state index in [1.165, 1.54) is 29.1 Å². The molecule has 5 heteroatoms. The fourth-order valence-corrected chi connectivity index (χ4v) is 4.09. The molecule has 0 amide bonds. The molecule has 1 aliphatic carbocycles. The van der Waals surface area contributed by atoms with E-state index >= 15 is 0 Å². The number of hydrogen-bond acceptors (Lipinski definition) is 4. The van der Waals surface area contributed by atoms with Gasteiger partial charge in [0.15, 0.2) is 0 Å². The van der Waals surface area contributed by atoms with E-state index in [0.717, 1.165) is 38.8 Å². The van der Waals surface area contributed by atoms with Gasteiger partial charge in [0.2, 0.25) is 0 Å². The van der Waals surface area contributed by atoms with Gasteiger partial charge in [0.05, 0.1) is 18.6 Å². The fourth-order valence-electron chi connectivity index (χ4n) is 3.34. The summed E-state index contributed by atoms with van der Waals surface area (Å²) in [7, 11) is 2.11. The van der Waals surface area contributed by atoms with Crippen LogP contribution in [0, 0.1) is 5.92 Å². The molecule has 2 aromatic rings. The highest BCUT2D eigenvalue weighted by Gasteiger charge is 2.30. The molecule has 1 fully saturated rings. The molecule has 118 valence electrons. The predicted octanol–water partition coefficient (Wildman–Crippen LogP) is 3.01. The van der Waals surface area contributed by atoms with Crippen LogP contribution in [0.3, 0.4) is 0 Å². The molecule has 4 nitrogen and oxygen atoms in total. The molecular formula is C17H23N3OS. The zero-order valence-electron chi connectivity index (χ0n) is 13.1. The van der Waals surface area contributed by atoms with Gasteiger partial charge in [-0.25, -0.2) is 4.98 Å². The van der Waals surface area contributed by atoms with Crippen molar-refractivity contribution in [2.24, 2.45) is 13.0 Å². The summed E-state index contributed by atoms with van der Waals surface area (Å²) in [6.45, 7) is 4.80. The molecule has 3 heterocycles. The minimum atomic E-state index is 0.440. The molecule has 0 bridgehead atoms. The number of thiophene rings is 1. The van der Waals surface area contributed by atoms with Crippen LogP contribution in [0.4, 0.5) is 0 Å². The third-order valence-electron chi connectivity index (χ3n) is 4.63. The molecule has 1 aliphatic heterocycles. The number of imidazole rings is 1. The first-order chi connectivity index (χ1) is 10.8. The van der Waals surface area contributed by atoms with Crippen LogP contribution < -0.4 is 0 Å². The molecule has 1 saturated carbocycles. The third kappa shape index (κ3) is 3.12. The van der Waals surface area contributed by atoms with Crippen molar-refractivity contribution in [3.05, 3.63) is 40.1 Å². The number of ether oxygens (including phenoxy) is 1. The Balaban J connectivity index is 1.46. The summed E-state index contributed by atoms with van der Waals surface area (Å²) in [5.74, 6) is 1.27. The molecule has 22 heavy (non-hydrogen) atoms. The first-order valence-corrected chi connectivity index (χ1v) is 9.00. The average Bonchev–Trinajstić information content (AvgIpc) is 3.04. The number of nitrogens with zero attached hydrogens (tertiary/aromatic N) is 3. The van der Waals surface area contributed by atoms with Crippen LogP contribution in [0.25, 0.3) is 0 Å². The van der Waals surface area contributed by atoms with Crippen molar-refractivity contribution < 1.29 is 4.74 Å². The van der Waals surface area contributed by atoms with Crippen molar-refractivity contribution in [3.63, 3.8) is 0 Å². The zero-order chi connectivity index (χ0) is 14.9. The lowest BCUT2D eigenvalue weighted by atomic mass is 9.99. The van der Waals surface area contributed by atoms with E-state index in [9.17, 15) is 0 Å². The van der Waals surface area contributed by atoms with Gasteiger partial charge in [0, 0.05) is 49.8 Å². The summed E-state index contributed by atoms with van der Waals surface area (Å²) < 4.78 is 8.18. The zero-order valence-corrected chi connectivity index (χ0v) is 13.9. The molecule has 0 saturated heterocycles. The minimum Gasteiger partial charge on any atom is -0.380 e. The predicted molar refractivity (Wildman–Crippen MR) is 87.9 cm³/mol. The molecule has 2 aliphatic rings. The van der Waals surface area contributed by atoms with Crippen LogP contribution in [-0.2, 0) is 24.9 Å². The van der Waals surface area contributed by atoms with Gasteiger partial charge in [-0.15, -0.1) is 11.3 Å². The highest BCUT2D eigenvalue weighted by Crippen LogP contribution is 2.31. The van der Waals surface area contributed by atoms with E-state index in [-0.39, 0.29) is 0 Å². The van der Waals surface area contributed by atoms with Crippen LogP contribution >= 0.6 is 11.3 Å².